The molecule has 0 aliphatic carbocycles. The molecule has 1 aromatic heterocycles. The van der Waals surface area contributed by atoms with Crippen molar-refractivity contribution >= 4 is 27.5 Å². The average molecular weight is 495 g/mol. The molecule has 0 bridgehead atoms. The summed E-state index contributed by atoms with van der Waals surface area (Å²) in [6, 6.07) is 4.57. The summed E-state index contributed by atoms with van der Waals surface area (Å²) in [6.45, 7) is 10.2. The Morgan fingerprint density at radius 2 is 1.91 bits per heavy atom. The zero-order valence-corrected chi connectivity index (χ0v) is 21.0. The van der Waals surface area contributed by atoms with Crippen molar-refractivity contribution in [2.24, 2.45) is 5.92 Å². The van der Waals surface area contributed by atoms with E-state index in [4.69, 9.17) is 16.1 Å². The van der Waals surface area contributed by atoms with Gasteiger partial charge < -0.3 is 9.42 Å². The summed E-state index contributed by atoms with van der Waals surface area (Å²) in [5.41, 5.74) is 2.33. The van der Waals surface area contributed by atoms with E-state index in [1.807, 2.05) is 13.8 Å². The van der Waals surface area contributed by atoms with Crippen molar-refractivity contribution in [1.82, 2.24) is 19.3 Å². The number of aryl methyl sites for hydroxylation is 2. The molecule has 3 heterocycles. The SMILES string of the molecule is Cc1noc(C)c1CN1CCN(C(=O)c2ccc(Cl)c(S(=O)(=O)N3CCCC(C)C3)c2)CC1. The van der Waals surface area contributed by atoms with Crippen LogP contribution in [0.2, 0.25) is 5.02 Å². The first-order valence-corrected chi connectivity index (χ1v) is 13.2. The summed E-state index contributed by atoms with van der Waals surface area (Å²) >= 11 is 6.29. The predicted octanol–water partition coefficient (Wildman–Crippen LogP) is 3.32. The molecule has 2 aliphatic rings. The van der Waals surface area contributed by atoms with Crippen LogP contribution in [-0.4, -0.2) is 72.9 Å². The fourth-order valence-electron chi connectivity index (χ4n) is 4.58. The molecule has 0 radical (unpaired) electrons. The maximum absolute atomic E-state index is 13.3. The summed E-state index contributed by atoms with van der Waals surface area (Å²) in [4.78, 5) is 17.2. The second kappa shape index (κ2) is 9.74. The number of hydrogen-bond donors (Lipinski definition) is 0. The molecule has 33 heavy (non-hydrogen) atoms. The van der Waals surface area contributed by atoms with Gasteiger partial charge in [-0.25, -0.2) is 8.42 Å². The molecule has 2 aliphatic heterocycles. The number of benzene rings is 1. The number of carbonyl (C=O) groups excluding carboxylic acids is 1. The highest BCUT2D eigenvalue weighted by Crippen LogP contribution is 2.29. The number of piperazine rings is 1. The van der Waals surface area contributed by atoms with Crippen LogP contribution in [-0.2, 0) is 16.6 Å². The zero-order valence-electron chi connectivity index (χ0n) is 19.4. The lowest BCUT2D eigenvalue weighted by atomic mass is 10.0. The number of nitrogens with zero attached hydrogens (tertiary/aromatic N) is 4. The number of piperidine rings is 1. The highest BCUT2D eigenvalue weighted by molar-refractivity contribution is 7.89. The van der Waals surface area contributed by atoms with Crippen molar-refractivity contribution < 1.29 is 17.7 Å². The Morgan fingerprint density at radius 3 is 2.55 bits per heavy atom. The van der Waals surface area contributed by atoms with Gasteiger partial charge in [-0.05, 0) is 50.8 Å². The highest BCUT2D eigenvalue weighted by Gasteiger charge is 2.32. The maximum Gasteiger partial charge on any atom is 0.253 e. The van der Waals surface area contributed by atoms with E-state index in [9.17, 15) is 13.2 Å². The smallest absolute Gasteiger partial charge is 0.253 e. The lowest BCUT2D eigenvalue weighted by molar-refractivity contribution is 0.0627. The van der Waals surface area contributed by atoms with E-state index in [0.717, 1.165) is 49.5 Å². The molecule has 1 amide bonds. The van der Waals surface area contributed by atoms with Gasteiger partial charge in [0.1, 0.15) is 10.7 Å². The van der Waals surface area contributed by atoms with Crippen LogP contribution < -0.4 is 0 Å². The van der Waals surface area contributed by atoms with Gasteiger partial charge in [-0.3, -0.25) is 9.69 Å². The van der Waals surface area contributed by atoms with Crippen molar-refractivity contribution in [2.75, 3.05) is 39.3 Å². The topological polar surface area (TPSA) is 87.0 Å². The number of hydrogen-bond acceptors (Lipinski definition) is 6. The summed E-state index contributed by atoms with van der Waals surface area (Å²) in [5.74, 6) is 0.954. The summed E-state index contributed by atoms with van der Waals surface area (Å²) in [7, 11) is -3.75. The molecule has 4 rings (SSSR count). The monoisotopic (exact) mass is 494 g/mol. The Hall–Kier alpha value is -1.94. The summed E-state index contributed by atoms with van der Waals surface area (Å²) in [6.07, 6.45) is 1.84. The van der Waals surface area contributed by atoms with Crippen LogP contribution in [0.15, 0.2) is 27.6 Å². The lowest BCUT2D eigenvalue weighted by Crippen LogP contribution is -2.48. The highest BCUT2D eigenvalue weighted by atomic mass is 35.5. The Kier molecular flexibility index (Phi) is 7.14. The molecule has 0 spiro atoms. The van der Waals surface area contributed by atoms with Gasteiger partial charge in [0.2, 0.25) is 10.0 Å². The van der Waals surface area contributed by atoms with Crippen LogP contribution >= 0.6 is 11.6 Å². The molecule has 2 saturated heterocycles. The van der Waals surface area contributed by atoms with Crippen LogP contribution in [0.25, 0.3) is 0 Å². The van der Waals surface area contributed by atoms with Crippen molar-refractivity contribution in [3.63, 3.8) is 0 Å². The van der Waals surface area contributed by atoms with E-state index >= 15 is 0 Å². The van der Waals surface area contributed by atoms with Crippen LogP contribution in [0.4, 0.5) is 0 Å². The minimum absolute atomic E-state index is 0.0150. The van der Waals surface area contributed by atoms with Crippen molar-refractivity contribution in [3.8, 4) is 0 Å². The van der Waals surface area contributed by atoms with E-state index in [-0.39, 0.29) is 15.8 Å². The summed E-state index contributed by atoms with van der Waals surface area (Å²) in [5, 5.41) is 4.16. The fourth-order valence-corrected chi connectivity index (χ4v) is 6.68. The van der Waals surface area contributed by atoms with E-state index in [1.165, 1.54) is 16.4 Å². The Morgan fingerprint density at radius 1 is 1.18 bits per heavy atom. The van der Waals surface area contributed by atoms with Crippen molar-refractivity contribution in [1.29, 1.82) is 0 Å². The standard InChI is InChI=1S/C23H31ClN4O4S/c1-16-5-4-8-28(14-16)33(30,31)22-13-19(6-7-21(22)24)23(29)27-11-9-26(10-12-27)15-20-17(2)25-32-18(20)3/h6-7,13,16H,4-5,8-12,14-15H2,1-3H3. The van der Waals surface area contributed by atoms with E-state index in [0.29, 0.717) is 37.7 Å². The van der Waals surface area contributed by atoms with Crippen LogP contribution in [0, 0.1) is 19.8 Å². The third-order valence-corrected chi connectivity index (χ3v) is 8.98. The van der Waals surface area contributed by atoms with E-state index in [2.05, 4.69) is 17.0 Å². The predicted molar refractivity (Wildman–Crippen MR) is 126 cm³/mol. The summed E-state index contributed by atoms with van der Waals surface area (Å²) < 4.78 is 33.2. The second-order valence-electron chi connectivity index (χ2n) is 9.13. The lowest BCUT2D eigenvalue weighted by Gasteiger charge is -2.35. The van der Waals surface area contributed by atoms with Gasteiger partial charge in [-0.2, -0.15) is 4.31 Å². The Labute approximate surface area is 200 Å². The van der Waals surface area contributed by atoms with Crippen LogP contribution in [0.5, 0.6) is 0 Å². The largest absolute Gasteiger partial charge is 0.361 e. The van der Waals surface area contributed by atoms with Gasteiger partial charge in [0, 0.05) is 56.9 Å². The molecule has 2 fully saturated rings. The maximum atomic E-state index is 13.3. The molecule has 0 saturated carbocycles. The number of amides is 1. The molecule has 2 aromatic rings. The first-order valence-electron chi connectivity index (χ1n) is 11.4. The fraction of sp³-hybridized carbons (Fsp3) is 0.565. The van der Waals surface area contributed by atoms with Crippen molar-refractivity contribution in [2.45, 2.75) is 45.1 Å². The normalized spacial score (nSPS) is 20.8. The number of carbonyl (C=O) groups is 1. The molecule has 180 valence electrons. The van der Waals surface area contributed by atoms with Crippen LogP contribution in [0.3, 0.4) is 0 Å². The molecular weight excluding hydrogens is 464 g/mol. The van der Waals surface area contributed by atoms with Gasteiger partial charge in [-0.1, -0.05) is 23.7 Å². The molecule has 10 heteroatoms. The second-order valence-corrected chi connectivity index (χ2v) is 11.4. The minimum atomic E-state index is -3.75. The minimum Gasteiger partial charge on any atom is -0.361 e. The Bertz CT molecular complexity index is 1110. The van der Waals surface area contributed by atoms with Gasteiger partial charge in [-0.15, -0.1) is 0 Å². The molecule has 0 N–H and O–H groups in total. The number of rotatable bonds is 5. The van der Waals surface area contributed by atoms with Gasteiger partial charge in [0.05, 0.1) is 10.7 Å². The van der Waals surface area contributed by atoms with Gasteiger partial charge in [0.25, 0.3) is 5.91 Å². The van der Waals surface area contributed by atoms with E-state index in [1.54, 1.807) is 11.0 Å². The molecule has 1 aromatic carbocycles. The van der Waals surface area contributed by atoms with Crippen LogP contribution in [0.1, 0.15) is 47.1 Å². The molecule has 1 atom stereocenters. The number of sulfonamides is 1. The van der Waals surface area contributed by atoms with Crippen molar-refractivity contribution in [3.05, 3.63) is 45.8 Å². The van der Waals surface area contributed by atoms with E-state index < -0.39 is 10.0 Å². The molecule has 8 nitrogen and oxygen atoms in total. The Balaban J connectivity index is 1.45. The first-order chi connectivity index (χ1) is 15.7. The number of halogens is 1. The third kappa shape index (κ3) is 5.11. The van der Waals surface area contributed by atoms with Gasteiger partial charge >= 0.3 is 0 Å². The first kappa shape index (κ1) is 24.2. The third-order valence-electron chi connectivity index (χ3n) is 6.64. The van der Waals surface area contributed by atoms with Gasteiger partial charge in [0.15, 0.2) is 0 Å². The number of aromatic nitrogens is 1. The quantitative estimate of drug-likeness (QED) is 0.633. The average Bonchev–Trinajstić information content (AvgIpc) is 3.11. The zero-order chi connectivity index (χ0) is 23.8. The molecular formula is C23H31ClN4O4S. The molecule has 1 unspecified atom stereocenters.